The van der Waals surface area contributed by atoms with Gasteiger partial charge in [0.15, 0.2) is 0 Å². The number of rotatable bonds is 2. The topological polar surface area (TPSA) is 67.6 Å². The van der Waals surface area contributed by atoms with Gasteiger partial charge in [0, 0.05) is 5.02 Å². The maximum absolute atomic E-state index is 5.78. The Kier molecular flexibility index (Phi) is 6.49. The molecule has 4 nitrogen and oxygen atoms in total. The van der Waals surface area contributed by atoms with Gasteiger partial charge in [0.2, 0.25) is 0 Å². The van der Waals surface area contributed by atoms with Gasteiger partial charge in [0.05, 0.1) is 5.69 Å². The van der Waals surface area contributed by atoms with Crippen LogP contribution in [0.3, 0.4) is 0 Å². The fraction of sp³-hybridized carbons (Fsp3) is 0.300. The third kappa shape index (κ3) is 4.18. The number of halogens is 1. The van der Waals surface area contributed by atoms with Crippen molar-refractivity contribution in [2.45, 2.75) is 20.8 Å². The Bertz CT molecular complexity index is 325. The number of benzene rings is 1. The molecular weight excluding hydrogens is 212 g/mol. The van der Waals surface area contributed by atoms with Crippen LogP contribution in [0.5, 0.6) is 0 Å². The number of hydrazone groups is 1. The summed E-state index contributed by atoms with van der Waals surface area (Å²) in [5.41, 5.74) is 1.79. The molecule has 0 aliphatic rings. The lowest BCUT2D eigenvalue weighted by atomic mass is 10.2. The second-order valence-electron chi connectivity index (χ2n) is 2.60. The first-order valence-electron chi connectivity index (χ1n) is 4.68. The van der Waals surface area contributed by atoms with Gasteiger partial charge < -0.3 is 5.84 Å². The van der Waals surface area contributed by atoms with Gasteiger partial charge in [-0.25, -0.2) is 5.84 Å². The van der Waals surface area contributed by atoms with Crippen molar-refractivity contribution in [2.75, 3.05) is 5.01 Å². The zero-order valence-electron chi connectivity index (χ0n) is 9.24. The number of nitrogens with zero attached hydrogens (tertiary/aromatic N) is 2. The molecule has 0 aliphatic heterocycles. The quantitative estimate of drug-likeness (QED) is 0.353. The van der Waals surface area contributed by atoms with Crippen LogP contribution in [0.4, 0.5) is 5.69 Å². The molecule has 1 aromatic rings. The van der Waals surface area contributed by atoms with Crippen LogP contribution in [-0.2, 0) is 0 Å². The normalized spacial score (nSPS) is 9.67. The van der Waals surface area contributed by atoms with Crippen molar-refractivity contribution in [1.82, 2.24) is 0 Å². The third-order valence-corrected chi connectivity index (χ3v) is 1.86. The summed E-state index contributed by atoms with van der Waals surface area (Å²) in [6.07, 6.45) is 1.33. The van der Waals surface area contributed by atoms with Gasteiger partial charge in [-0.05, 0) is 30.7 Å². The number of hydrogen-bond acceptors (Lipinski definition) is 3. The van der Waals surface area contributed by atoms with Gasteiger partial charge in [-0.2, -0.15) is 5.10 Å². The molecule has 0 unspecified atom stereocenters. The van der Waals surface area contributed by atoms with E-state index in [1.54, 1.807) is 12.1 Å². The van der Waals surface area contributed by atoms with Crippen LogP contribution >= 0.6 is 11.6 Å². The van der Waals surface area contributed by atoms with E-state index in [9.17, 15) is 0 Å². The molecular formula is C10H17ClN4. The lowest BCUT2D eigenvalue weighted by molar-refractivity contribution is 1.11. The van der Waals surface area contributed by atoms with E-state index in [4.69, 9.17) is 23.3 Å². The minimum absolute atomic E-state index is 0.680. The Labute approximate surface area is 95.5 Å². The smallest absolute Gasteiger partial charge is 0.129 e. The third-order valence-electron chi connectivity index (χ3n) is 1.63. The van der Waals surface area contributed by atoms with E-state index < -0.39 is 0 Å². The number of anilines is 1. The minimum Gasteiger partial charge on any atom is -0.322 e. The fourth-order valence-electron chi connectivity index (χ4n) is 1.04. The number of nitrogens with two attached hydrogens (primary N) is 2. The summed E-state index contributed by atoms with van der Waals surface area (Å²) < 4.78 is 0. The molecule has 0 heterocycles. The van der Waals surface area contributed by atoms with E-state index >= 15 is 0 Å². The lowest BCUT2D eigenvalue weighted by Crippen LogP contribution is -2.30. The van der Waals surface area contributed by atoms with Crippen molar-refractivity contribution >= 4 is 23.6 Å². The van der Waals surface area contributed by atoms with Crippen LogP contribution in [0.2, 0.25) is 5.02 Å². The molecule has 0 atom stereocenters. The number of hydrazine groups is 1. The fourth-order valence-corrected chi connectivity index (χ4v) is 1.27. The van der Waals surface area contributed by atoms with Crippen LogP contribution in [0, 0.1) is 6.92 Å². The Morgan fingerprint density at radius 1 is 1.40 bits per heavy atom. The van der Waals surface area contributed by atoms with Gasteiger partial charge in [-0.3, -0.25) is 5.01 Å². The predicted molar refractivity (Wildman–Crippen MR) is 66.9 cm³/mol. The molecule has 0 amide bonds. The predicted octanol–water partition coefficient (Wildman–Crippen LogP) is 2.26. The Morgan fingerprint density at radius 3 is 2.47 bits per heavy atom. The van der Waals surface area contributed by atoms with Crippen LogP contribution < -0.4 is 16.7 Å². The van der Waals surface area contributed by atoms with Gasteiger partial charge in [-0.1, -0.05) is 25.4 Å². The minimum atomic E-state index is 0.680. The maximum Gasteiger partial charge on any atom is 0.129 e. The summed E-state index contributed by atoms with van der Waals surface area (Å²) in [6, 6.07) is 5.38. The zero-order chi connectivity index (χ0) is 11.8. The maximum atomic E-state index is 5.78. The molecule has 0 aliphatic carbocycles. The number of hydrogen-bond donors (Lipinski definition) is 2. The second-order valence-corrected chi connectivity index (χ2v) is 3.04. The molecule has 1 rings (SSSR count). The molecule has 0 saturated carbocycles. The highest BCUT2D eigenvalue weighted by Crippen LogP contribution is 2.20. The van der Waals surface area contributed by atoms with E-state index in [1.165, 1.54) is 11.3 Å². The Balaban J connectivity index is 0.000000921. The summed E-state index contributed by atoms with van der Waals surface area (Å²) in [5.74, 6) is 10.6. The van der Waals surface area contributed by atoms with E-state index in [0.717, 1.165) is 11.3 Å². The summed E-state index contributed by atoms with van der Waals surface area (Å²) in [4.78, 5) is 0. The standard InChI is InChI=1S/C8H11ClN4.C2H6/c1-6-4-7(9)2-3-8(6)13(11)5-12-10;1-2/h2-5H,10-11H2,1H3;1-2H3/b12-5-;. The molecule has 1 aromatic carbocycles. The van der Waals surface area contributed by atoms with Crippen molar-refractivity contribution < 1.29 is 0 Å². The number of aryl methyl sites for hydroxylation is 1. The van der Waals surface area contributed by atoms with Crippen LogP contribution in [0.25, 0.3) is 0 Å². The molecule has 5 heteroatoms. The summed E-state index contributed by atoms with van der Waals surface area (Å²) >= 11 is 5.78. The van der Waals surface area contributed by atoms with E-state index in [1.807, 2.05) is 26.8 Å². The molecule has 15 heavy (non-hydrogen) atoms. The van der Waals surface area contributed by atoms with E-state index in [-0.39, 0.29) is 0 Å². The molecule has 0 aromatic heterocycles. The largest absolute Gasteiger partial charge is 0.322 e. The summed E-state index contributed by atoms with van der Waals surface area (Å²) in [6.45, 7) is 5.91. The van der Waals surface area contributed by atoms with Crippen LogP contribution in [0.1, 0.15) is 19.4 Å². The highest BCUT2D eigenvalue weighted by Gasteiger charge is 2.02. The summed E-state index contributed by atoms with van der Waals surface area (Å²) in [7, 11) is 0. The molecule has 0 spiro atoms. The molecule has 0 fully saturated rings. The lowest BCUT2D eigenvalue weighted by Gasteiger charge is -2.14. The molecule has 4 N–H and O–H groups in total. The van der Waals surface area contributed by atoms with Crippen molar-refractivity contribution in [3.05, 3.63) is 28.8 Å². The van der Waals surface area contributed by atoms with Crippen molar-refractivity contribution in [3.8, 4) is 0 Å². The first-order chi connectivity index (χ1) is 7.15. The second kappa shape index (κ2) is 7.09. The van der Waals surface area contributed by atoms with Crippen molar-refractivity contribution in [2.24, 2.45) is 16.8 Å². The highest BCUT2D eigenvalue weighted by atomic mass is 35.5. The highest BCUT2D eigenvalue weighted by molar-refractivity contribution is 6.30. The van der Waals surface area contributed by atoms with Crippen LogP contribution in [0.15, 0.2) is 23.3 Å². The molecule has 84 valence electrons. The summed E-state index contributed by atoms with van der Waals surface area (Å²) in [5, 5.41) is 5.34. The Hall–Kier alpha value is -1.26. The van der Waals surface area contributed by atoms with E-state index in [2.05, 4.69) is 5.10 Å². The molecule has 0 saturated heterocycles. The Morgan fingerprint density at radius 2 is 2.00 bits per heavy atom. The average Bonchev–Trinajstić information content (AvgIpc) is 2.21. The van der Waals surface area contributed by atoms with Gasteiger partial charge in [0.1, 0.15) is 6.34 Å². The van der Waals surface area contributed by atoms with Crippen LogP contribution in [-0.4, -0.2) is 6.34 Å². The van der Waals surface area contributed by atoms with Gasteiger partial charge in [-0.15, -0.1) is 0 Å². The van der Waals surface area contributed by atoms with Gasteiger partial charge >= 0.3 is 0 Å². The first kappa shape index (κ1) is 13.7. The SMILES string of the molecule is CC.Cc1cc(Cl)ccc1N(N)/C=N\N. The monoisotopic (exact) mass is 228 g/mol. The van der Waals surface area contributed by atoms with Crippen molar-refractivity contribution in [1.29, 1.82) is 0 Å². The molecule has 0 bridgehead atoms. The van der Waals surface area contributed by atoms with Gasteiger partial charge in [0.25, 0.3) is 0 Å². The molecule has 0 radical (unpaired) electrons. The van der Waals surface area contributed by atoms with Crippen molar-refractivity contribution in [3.63, 3.8) is 0 Å². The first-order valence-corrected chi connectivity index (χ1v) is 5.06. The van der Waals surface area contributed by atoms with E-state index in [0.29, 0.717) is 5.02 Å². The average molecular weight is 229 g/mol. The zero-order valence-corrected chi connectivity index (χ0v) is 9.99.